The number of benzene rings is 2. The number of hydrogen-bond donors (Lipinski definition) is 1. The van der Waals surface area contributed by atoms with Crippen LogP contribution >= 0.6 is 0 Å². The molecule has 0 radical (unpaired) electrons. The predicted octanol–water partition coefficient (Wildman–Crippen LogP) is 3.76. The smallest absolute Gasteiger partial charge is 0.122 e. The van der Waals surface area contributed by atoms with Crippen molar-refractivity contribution in [3.8, 4) is 17.2 Å². The number of phenolic OH excluding ortho intramolecular Hbond substituents is 1. The lowest BCUT2D eigenvalue weighted by Gasteiger charge is -2.14. The van der Waals surface area contributed by atoms with Gasteiger partial charge in [0.1, 0.15) is 17.2 Å². The molecule has 106 valence electrons. The van der Waals surface area contributed by atoms with Gasteiger partial charge in [-0.15, -0.1) is 0 Å². The fourth-order valence-electron chi connectivity index (χ4n) is 2.22. The van der Waals surface area contributed by atoms with Crippen LogP contribution in [0.15, 0.2) is 42.5 Å². The van der Waals surface area contributed by atoms with Crippen LogP contribution in [0.1, 0.15) is 24.0 Å². The summed E-state index contributed by atoms with van der Waals surface area (Å²) in [5.41, 5.74) is 2.15. The Bertz CT molecular complexity index is 561. The summed E-state index contributed by atoms with van der Waals surface area (Å²) in [6.07, 6.45) is 0.780. The maximum Gasteiger partial charge on any atom is 0.122 e. The van der Waals surface area contributed by atoms with E-state index in [-0.39, 0.29) is 5.75 Å². The standard InChI is InChI=1S/C17H20O3/c1-12(13-4-7-15(19-2)8-5-13)10-14-6-9-16(20-3)11-17(14)18/h4-9,11-12,18H,10H2,1-3H3/t12-/m1/s1. The Morgan fingerprint density at radius 3 is 2.10 bits per heavy atom. The Morgan fingerprint density at radius 1 is 0.950 bits per heavy atom. The molecule has 0 aliphatic carbocycles. The molecule has 2 rings (SSSR count). The fourth-order valence-corrected chi connectivity index (χ4v) is 2.22. The highest BCUT2D eigenvalue weighted by Crippen LogP contribution is 2.29. The average Bonchev–Trinajstić information content (AvgIpc) is 2.49. The Kier molecular flexibility index (Phi) is 4.51. The Labute approximate surface area is 119 Å². The molecule has 1 N–H and O–H groups in total. The first-order valence-electron chi connectivity index (χ1n) is 6.64. The van der Waals surface area contributed by atoms with Gasteiger partial charge in [0.15, 0.2) is 0 Å². The lowest BCUT2D eigenvalue weighted by molar-refractivity contribution is 0.406. The maximum absolute atomic E-state index is 10.0. The minimum absolute atomic E-state index is 0.282. The molecule has 0 saturated carbocycles. The van der Waals surface area contributed by atoms with E-state index in [2.05, 4.69) is 19.1 Å². The van der Waals surface area contributed by atoms with Crippen LogP contribution in [0.5, 0.6) is 17.2 Å². The third-order valence-corrected chi connectivity index (χ3v) is 3.50. The molecule has 3 nitrogen and oxygen atoms in total. The van der Waals surface area contributed by atoms with Crippen molar-refractivity contribution in [2.24, 2.45) is 0 Å². The number of methoxy groups -OCH3 is 2. The Morgan fingerprint density at radius 2 is 1.55 bits per heavy atom. The number of phenols is 1. The zero-order valence-electron chi connectivity index (χ0n) is 12.1. The molecule has 1 atom stereocenters. The first-order valence-corrected chi connectivity index (χ1v) is 6.64. The molecular weight excluding hydrogens is 252 g/mol. The van der Waals surface area contributed by atoms with Crippen molar-refractivity contribution in [2.75, 3.05) is 14.2 Å². The van der Waals surface area contributed by atoms with Gasteiger partial charge in [0.05, 0.1) is 14.2 Å². The summed E-state index contributed by atoms with van der Waals surface area (Å²) in [5, 5.41) is 10.0. The Hall–Kier alpha value is -2.16. The van der Waals surface area contributed by atoms with E-state index in [1.165, 1.54) is 5.56 Å². The second kappa shape index (κ2) is 6.33. The highest BCUT2D eigenvalue weighted by Gasteiger charge is 2.10. The van der Waals surface area contributed by atoms with Crippen LogP contribution < -0.4 is 9.47 Å². The van der Waals surface area contributed by atoms with E-state index in [4.69, 9.17) is 9.47 Å². The third-order valence-electron chi connectivity index (χ3n) is 3.50. The molecule has 0 spiro atoms. The topological polar surface area (TPSA) is 38.7 Å². The van der Waals surface area contributed by atoms with Gasteiger partial charge in [0, 0.05) is 6.07 Å². The number of ether oxygens (including phenoxy) is 2. The van der Waals surface area contributed by atoms with E-state index in [0.29, 0.717) is 11.7 Å². The van der Waals surface area contributed by atoms with Gasteiger partial charge in [-0.25, -0.2) is 0 Å². The minimum Gasteiger partial charge on any atom is -0.508 e. The number of rotatable bonds is 5. The highest BCUT2D eigenvalue weighted by atomic mass is 16.5. The SMILES string of the molecule is COc1ccc([C@H](C)Cc2ccc(OC)cc2O)cc1. The molecule has 20 heavy (non-hydrogen) atoms. The zero-order valence-corrected chi connectivity index (χ0v) is 12.1. The average molecular weight is 272 g/mol. The zero-order chi connectivity index (χ0) is 14.5. The van der Waals surface area contributed by atoms with Crippen molar-refractivity contribution in [1.29, 1.82) is 0 Å². The summed E-state index contributed by atoms with van der Waals surface area (Å²) in [5.74, 6) is 2.13. The van der Waals surface area contributed by atoms with E-state index in [0.717, 1.165) is 17.7 Å². The highest BCUT2D eigenvalue weighted by molar-refractivity contribution is 5.41. The van der Waals surface area contributed by atoms with Crippen LogP contribution in [0, 0.1) is 0 Å². The molecule has 0 amide bonds. The van der Waals surface area contributed by atoms with Crippen LogP contribution in [-0.4, -0.2) is 19.3 Å². The van der Waals surface area contributed by atoms with Crippen LogP contribution in [0.3, 0.4) is 0 Å². The lowest BCUT2D eigenvalue weighted by Crippen LogP contribution is -1.99. The second-order valence-corrected chi connectivity index (χ2v) is 4.87. The van der Waals surface area contributed by atoms with E-state index < -0.39 is 0 Å². The van der Waals surface area contributed by atoms with Crippen LogP contribution in [0.25, 0.3) is 0 Å². The van der Waals surface area contributed by atoms with Crippen LogP contribution in [0.2, 0.25) is 0 Å². The van der Waals surface area contributed by atoms with Gasteiger partial charge in [-0.3, -0.25) is 0 Å². The van der Waals surface area contributed by atoms with Gasteiger partial charge in [0.2, 0.25) is 0 Å². The summed E-state index contributed by atoms with van der Waals surface area (Å²) in [6, 6.07) is 13.5. The van der Waals surface area contributed by atoms with E-state index >= 15 is 0 Å². The molecule has 2 aromatic rings. The molecule has 0 heterocycles. The van der Waals surface area contributed by atoms with Crippen molar-refractivity contribution in [1.82, 2.24) is 0 Å². The van der Waals surface area contributed by atoms with Crippen molar-refractivity contribution >= 4 is 0 Å². The van der Waals surface area contributed by atoms with E-state index in [1.807, 2.05) is 24.3 Å². The van der Waals surface area contributed by atoms with Crippen LogP contribution in [0.4, 0.5) is 0 Å². The molecular formula is C17H20O3. The van der Waals surface area contributed by atoms with E-state index in [9.17, 15) is 5.11 Å². The monoisotopic (exact) mass is 272 g/mol. The van der Waals surface area contributed by atoms with E-state index in [1.54, 1.807) is 20.3 Å². The van der Waals surface area contributed by atoms with Gasteiger partial charge in [0.25, 0.3) is 0 Å². The van der Waals surface area contributed by atoms with Gasteiger partial charge in [-0.05, 0) is 41.7 Å². The normalized spacial score (nSPS) is 11.9. The minimum atomic E-state index is 0.282. The molecule has 0 aromatic heterocycles. The molecule has 0 saturated heterocycles. The number of hydrogen-bond acceptors (Lipinski definition) is 3. The molecule has 0 aliphatic rings. The molecule has 2 aromatic carbocycles. The lowest BCUT2D eigenvalue weighted by atomic mass is 9.93. The fraction of sp³-hybridized carbons (Fsp3) is 0.294. The summed E-state index contributed by atoms with van der Waals surface area (Å²) in [6.45, 7) is 2.14. The summed E-state index contributed by atoms with van der Waals surface area (Å²) in [7, 11) is 3.25. The van der Waals surface area contributed by atoms with Gasteiger partial charge in [-0.2, -0.15) is 0 Å². The molecule has 3 heteroatoms. The number of aromatic hydroxyl groups is 1. The maximum atomic E-state index is 10.0. The molecule has 0 bridgehead atoms. The Balaban J connectivity index is 2.12. The van der Waals surface area contributed by atoms with Crippen molar-refractivity contribution in [3.63, 3.8) is 0 Å². The molecule has 0 fully saturated rings. The van der Waals surface area contributed by atoms with Gasteiger partial charge < -0.3 is 14.6 Å². The summed E-state index contributed by atoms with van der Waals surface area (Å²) in [4.78, 5) is 0. The molecule has 0 aliphatic heterocycles. The quantitative estimate of drug-likeness (QED) is 0.900. The second-order valence-electron chi connectivity index (χ2n) is 4.87. The van der Waals surface area contributed by atoms with Gasteiger partial charge in [-0.1, -0.05) is 25.1 Å². The molecule has 0 unspecified atom stereocenters. The van der Waals surface area contributed by atoms with Crippen molar-refractivity contribution in [2.45, 2.75) is 19.3 Å². The summed E-state index contributed by atoms with van der Waals surface area (Å²) >= 11 is 0. The van der Waals surface area contributed by atoms with Gasteiger partial charge >= 0.3 is 0 Å². The predicted molar refractivity (Wildman–Crippen MR) is 79.8 cm³/mol. The first-order chi connectivity index (χ1) is 9.63. The first kappa shape index (κ1) is 14.3. The summed E-state index contributed by atoms with van der Waals surface area (Å²) < 4.78 is 10.2. The third kappa shape index (κ3) is 3.23. The van der Waals surface area contributed by atoms with Crippen molar-refractivity contribution < 1.29 is 14.6 Å². The van der Waals surface area contributed by atoms with Crippen molar-refractivity contribution in [3.05, 3.63) is 53.6 Å². The van der Waals surface area contributed by atoms with Crippen LogP contribution in [-0.2, 0) is 6.42 Å². The largest absolute Gasteiger partial charge is 0.508 e.